The van der Waals surface area contributed by atoms with Crippen LogP contribution >= 0.6 is 23.1 Å². The van der Waals surface area contributed by atoms with Gasteiger partial charge in [-0.2, -0.15) is 0 Å². The fraction of sp³-hybridized carbons (Fsp3) is 0.136. The van der Waals surface area contributed by atoms with E-state index >= 15 is 0 Å². The van der Waals surface area contributed by atoms with Crippen molar-refractivity contribution in [2.45, 2.75) is 27.7 Å². The monoisotopic (exact) mass is 501 g/mol. The van der Waals surface area contributed by atoms with Crippen molar-refractivity contribution in [3.8, 4) is 0 Å². The van der Waals surface area contributed by atoms with Crippen molar-refractivity contribution in [2.24, 2.45) is 0 Å². The summed E-state index contributed by atoms with van der Waals surface area (Å²) < 4.78 is 27.4. The summed E-state index contributed by atoms with van der Waals surface area (Å²) in [6, 6.07) is 16.3. The van der Waals surface area contributed by atoms with Gasteiger partial charge in [-0.05, 0) is 60.0 Å². The second-order valence-corrected chi connectivity index (χ2v) is 11.3. The van der Waals surface area contributed by atoms with Crippen LogP contribution in [0.1, 0.15) is 13.3 Å². The predicted octanol–water partition coefficient (Wildman–Crippen LogP) is 3.93. The minimum absolute atomic E-state index is 0.0592. The van der Waals surface area contributed by atoms with Gasteiger partial charge in [0.1, 0.15) is 4.21 Å². The summed E-state index contributed by atoms with van der Waals surface area (Å²) in [4.78, 5) is 38.5. The molecular weight excluding hydrogens is 482 g/mol. The maximum Gasteiger partial charge on any atom is 0.271 e. The highest BCUT2D eigenvalue weighted by molar-refractivity contribution is 8.00. The van der Waals surface area contributed by atoms with E-state index in [1.54, 1.807) is 60.0 Å². The summed E-state index contributed by atoms with van der Waals surface area (Å²) in [5.41, 5.74) is 1.43. The molecule has 8 nitrogen and oxygen atoms in total. The average molecular weight is 502 g/mol. The topological polar surface area (TPSA) is 113 Å². The third kappa shape index (κ3) is 5.27. The van der Waals surface area contributed by atoms with Gasteiger partial charge < -0.3 is 5.32 Å². The van der Waals surface area contributed by atoms with Gasteiger partial charge in [-0.1, -0.05) is 6.07 Å². The Labute approximate surface area is 199 Å². The van der Waals surface area contributed by atoms with Gasteiger partial charge in [0.2, 0.25) is 17.7 Å². The minimum atomic E-state index is -3.64. The van der Waals surface area contributed by atoms with Crippen LogP contribution in [0.3, 0.4) is 0 Å². The van der Waals surface area contributed by atoms with Crippen molar-refractivity contribution in [1.82, 2.24) is 0 Å². The molecule has 1 fully saturated rings. The fourth-order valence-electron chi connectivity index (χ4n) is 3.25. The van der Waals surface area contributed by atoms with E-state index in [1.807, 2.05) is 0 Å². The van der Waals surface area contributed by atoms with Gasteiger partial charge in [0.15, 0.2) is 0 Å². The highest BCUT2D eigenvalue weighted by Crippen LogP contribution is 2.35. The molecule has 33 heavy (non-hydrogen) atoms. The number of carbonyl (C=O) groups excluding carboxylic acids is 3. The van der Waals surface area contributed by atoms with E-state index in [-0.39, 0.29) is 28.4 Å². The molecule has 170 valence electrons. The number of carbonyl (C=O) groups is 3. The number of thioether (sulfide) groups is 1. The lowest BCUT2D eigenvalue weighted by Crippen LogP contribution is -2.31. The summed E-state index contributed by atoms with van der Waals surface area (Å²) >= 11 is 2.38. The quantitative estimate of drug-likeness (QED) is 0.475. The lowest BCUT2D eigenvalue weighted by Gasteiger charge is -2.15. The molecule has 1 saturated heterocycles. The lowest BCUT2D eigenvalue weighted by atomic mass is 10.2. The molecule has 0 saturated carbocycles. The smallest absolute Gasteiger partial charge is 0.271 e. The zero-order chi connectivity index (χ0) is 23.6. The van der Waals surface area contributed by atoms with Gasteiger partial charge in [0.05, 0.1) is 10.9 Å². The first-order valence-corrected chi connectivity index (χ1v) is 13.0. The second-order valence-electron chi connectivity index (χ2n) is 7.17. The summed E-state index contributed by atoms with van der Waals surface area (Å²) in [5, 5.41) is 3.75. The zero-order valence-electron chi connectivity index (χ0n) is 17.3. The van der Waals surface area contributed by atoms with E-state index in [0.717, 1.165) is 21.1 Å². The van der Waals surface area contributed by atoms with Crippen LogP contribution < -0.4 is 14.9 Å². The van der Waals surface area contributed by atoms with Gasteiger partial charge >= 0.3 is 0 Å². The number of hydrogen-bond acceptors (Lipinski definition) is 7. The van der Waals surface area contributed by atoms with E-state index in [4.69, 9.17) is 0 Å². The summed E-state index contributed by atoms with van der Waals surface area (Å²) in [5.74, 6) is -0.831. The van der Waals surface area contributed by atoms with Crippen LogP contribution in [0.4, 0.5) is 17.1 Å². The zero-order valence-corrected chi connectivity index (χ0v) is 19.8. The SMILES string of the molecule is CC(=O)Nc1ccc(N2C(=O)CC(Sc3ccc(NS(=O)(=O)c4cccs4)cc3)C2=O)cc1. The number of benzene rings is 2. The number of imide groups is 1. The van der Waals surface area contributed by atoms with E-state index < -0.39 is 15.3 Å². The molecule has 1 aromatic heterocycles. The molecular formula is C22H19N3O5S3. The fourth-order valence-corrected chi connectivity index (χ4v) is 6.36. The largest absolute Gasteiger partial charge is 0.326 e. The normalized spacial score (nSPS) is 16.2. The van der Waals surface area contributed by atoms with Crippen LogP contribution in [0.15, 0.2) is 75.1 Å². The molecule has 0 bridgehead atoms. The summed E-state index contributed by atoms with van der Waals surface area (Å²) in [7, 11) is -3.64. The Balaban J connectivity index is 1.42. The van der Waals surface area contributed by atoms with E-state index in [9.17, 15) is 22.8 Å². The number of nitrogens with zero attached hydrogens (tertiary/aromatic N) is 1. The van der Waals surface area contributed by atoms with Gasteiger partial charge in [-0.25, -0.2) is 13.3 Å². The van der Waals surface area contributed by atoms with E-state index in [0.29, 0.717) is 17.1 Å². The molecule has 3 amide bonds. The van der Waals surface area contributed by atoms with Gasteiger partial charge in [-0.3, -0.25) is 19.1 Å². The van der Waals surface area contributed by atoms with Crippen molar-refractivity contribution < 1.29 is 22.8 Å². The molecule has 0 aliphatic carbocycles. The Hall–Kier alpha value is -3.15. The average Bonchev–Trinajstić information content (AvgIpc) is 3.39. The number of anilines is 3. The number of nitrogens with one attached hydrogen (secondary N) is 2. The number of hydrogen-bond donors (Lipinski definition) is 2. The predicted molar refractivity (Wildman–Crippen MR) is 129 cm³/mol. The molecule has 0 radical (unpaired) electrons. The van der Waals surface area contributed by atoms with Gasteiger partial charge in [0.25, 0.3) is 10.0 Å². The van der Waals surface area contributed by atoms with Crippen LogP contribution in [0.25, 0.3) is 0 Å². The maximum absolute atomic E-state index is 12.9. The van der Waals surface area contributed by atoms with Crippen LogP contribution in [-0.2, 0) is 24.4 Å². The number of amides is 3. The van der Waals surface area contributed by atoms with Crippen molar-refractivity contribution >= 4 is 67.9 Å². The lowest BCUT2D eigenvalue weighted by molar-refractivity contribution is -0.121. The Bertz CT molecular complexity index is 1290. The molecule has 2 heterocycles. The summed E-state index contributed by atoms with van der Waals surface area (Å²) in [6.07, 6.45) is 0.0592. The molecule has 4 rings (SSSR count). The van der Waals surface area contributed by atoms with Gasteiger partial charge in [0, 0.05) is 29.6 Å². The first-order chi connectivity index (χ1) is 15.7. The Morgan fingerprint density at radius 3 is 2.30 bits per heavy atom. The number of rotatable bonds is 7. The Morgan fingerprint density at radius 2 is 1.70 bits per heavy atom. The molecule has 1 unspecified atom stereocenters. The standard InChI is InChI=1S/C22H19N3O5S3/c1-14(26)23-15-4-8-17(9-5-15)25-20(27)13-19(22(25)28)32-18-10-6-16(7-11-18)24-33(29,30)21-3-2-12-31-21/h2-12,19,24H,13H2,1H3,(H,23,26). The third-order valence-electron chi connectivity index (χ3n) is 4.70. The first kappa shape index (κ1) is 23.0. The van der Waals surface area contributed by atoms with Crippen LogP contribution in [-0.4, -0.2) is 31.4 Å². The van der Waals surface area contributed by atoms with Crippen molar-refractivity contribution in [3.05, 3.63) is 66.0 Å². The molecule has 3 aromatic rings. The number of thiophene rings is 1. The molecule has 1 aliphatic heterocycles. The van der Waals surface area contributed by atoms with E-state index in [1.165, 1.54) is 24.8 Å². The minimum Gasteiger partial charge on any atom is -0.326 e. The Kier molecular flexibility index (Phi) is 6.54. The van der Waals surface area contributed by atoms with Crippen molar-refractivity contribution in [1.29, 1.82) is 0 Å². The van der Waals surface area contributed by atoms with Crippen molar-refractivity contribution in [2.75, 3.05) is 14.9 Å². The van der Waals surface area contributed by atoms with Crippen LogP contribution in [0, 0.1) is 0 Å². The highest BCUT2D eigenvalue weighted by Gasteiger charge is 2.40. The second kappa shape index (κ2) is 9.38. The molecule has 11 heteroatoms. The van der Waals surface area contributed by atoms with Crippen LogP contribution in [0.5, 0.6) is 0 Å². The maximum atomic E-state index is 12.9. The number of sulfonamides is 1. The first-order valence-electron chi connectivity index (χ1n) is 9.80. The van der Waals surface area contributed by atoms with E-state index in [2.05, 4.69) is 10.0 Å². The Morgan fingerprint density at radius 1 is 1.03 bits per heavy atom. The molecule has 2 N–H and O–H groups in total. The highest BCUT2D eigenvalue weighted by atomic mass is 32.2. The third-order valence-corrected chi connectivity index (χ3v) is 8.67. The summed E-state index contributed by atoms with van der Waals surface area (Å²) in [6.45, 7) is 1.40. The molecule has 1 atom stereocenters. The molecule has 0 spiro atoms. The van der Waals surface area contributed by atoms with Crippen molar-refractivity contribution in [3.63, 3.8) is 0 Å². The van der Waals surface area contributed by atoms with Gasteiger partial charge in [-0.15, -0.1) is 23.1 Å². The molecule has 1 aliphatic rings. The molecule has 2 aromatic carbocycles. The van der Waals surface area contributed by atoms with Crippen LogP contribution in [0.2, 0.25) is 0 Å².